The Morgan fingerprint density at radius 3 is 3.00 bits per heavy atom. The van der Waals surface area contributed by atoms with Crippen molar-refractivity contribution in [3.8, 4) is 0 Å². The van der Waals surface area contributed by atoms with Crippen LogP contribution >= 0.6 is 0 Å². The van der Waals surface area contributed by atoms with Crippen LogP contribution in [0.2, 0.25) is 0 Å². The van der Waals surface area contributed by atoms with Gasteiger partial charge in [0, 0.05) is 25.2 Å². The lowest BCUT2D eigenvalue weighted by molar-refractivity contribution is -0.117. The Bertz CT molecular complexity index is 220. The summed E-state index contributed by atoms with van der Waals surface area (Å²) in [7, 11) is 3.96. The summed E-state index contributed by atoms with van der Waals surface area (Å²) in [5.74, 6) is 0.0190. The topological polar surface area (TPSA) is 44.4 Å². The molecule has 0 aromatic carbocycles. The Labute approximate surface area is 91.7 Å². The van der Waals surface area contributed by atoms with Crippen molar-refractivity contribution >= 4 is 5.91 Å². The number of nitrogens with one attached hydrogen (secondary N) is 2. The average molecular weight is 211 g/mol. The molecule has 0 spiro atoms. The Morgan fingerprint density at radius 1 is 1.60 bits per heavy atom. The van der Waals surface area contributed by atoms with Crippen LogP contribution in [-0.4, -0.2) is 50.6 Å². The first-order chi connectivity index (χ1) is 7.18. The monoisotopic (exact) mass is 211 g/mol. The van der Waals surface area contributed by atoms with Gasteiger partial charge in [0.25, 0.3) is 0 Å². The third kappa shape index (κ3) is 5.54. The minimum absolute atomic E-state index is 0.0190. The summed E-state index contributed by atoms with van der Waals surface area (Å²) in [4.78, 5) is 13.5. The van der Waals surface area contributed by atoms with Crippen LogP contribution in [0.4, 0.5) is 0 Å². The summed E-state index contributed by atoms with van der Waals surface area (Å²) in [6.07, 6.45) is 5.73. The quantitative estimate of drug-likeness (QED) is 0.642. The molecule has 0 saturated carbocycles. The van der Waals surface area contributed by atoms with Crippen molar-refractivity contribution in [2.45, 2.75) is 18.9 Å². The molecule has 1 aliphatic rings. The van der Waals surface area contributed by atoms with Gasteiger partial charge < -0.3 is 15.5 Å². The molecule has 0 bridgehead atoms. The number of hydrogen-bond donors (Lipinski definition) is 2. The lowest BCUT2D eigenvalue weighted by Crippen LogP contribution is -2.45. The van der Waals surface area contributed by atoms with Gasteiger partial charge in [0.2, 0.25) is 5.91 Å². The maximum absolute atomic E-state index is 11.4. The summed E-state index contributed by atoms with van der Waals surface area (Å²) in [5, 5.41) is 6.25. The first kappa shape index (κ1) is 12.2. The van der Waals surface area contributed by atoms with Gasteiger partial charge in [-0.1, -0.05) is 6.08 Å². The normalized spacial score (nSPS) is 22.2. The van der Waals surface area contributed by atoms with Crippen LogP contribution in [0, 0.1) is 0 Å². The molecule has 2 N–H and O–H groups in total. The number of likely N-dealkylation sites (N-methyl/N-ethyl adjacent to an activating group) is 1. The molecule has 1 rings (SSSR count). The molecular formula is C11H21N3O. The fourth-order valence-electron chi connectivity index (χ4n) is 1.59. The van der Waals surface area contributed by atoms with Crippen molar-refractivity contribution < 1.29 is 4.79 Å². The van der Waals surface area contributed by atoms with Crippen LogP contribution in [0.1, 0.15) is 12.8 Å². The van der Waals surface area contributed by atoms with Crippen LogP contribution < -0.4 is 10.6 Å². The molecule has 0 aromatic rings. The number of carbonyl (C=O) groups is 1. The van der Waals surface area contributed by atoms with Gasteiger partial charge in [-0.15, -0.1) is 0 Å². The summed E-state index contributed by atoms with van der Waals surface area (Å²) in [5.41, 5.74) is 0. The maximum Gasteiger partial charge on any atom is 0.243 e. The highest BCUT2D eigenvalue weighted by molar-refractivity contribution is 5.87. The van der Waals surface area contributed by atoms with Crippen LogP contribution in [0.15, 0.2) is 12.2 Å². The van der Waals surface area contributed by atoms with E-state index in [1.54, 1.807) is 6.08 Å². The molecule has 4 nitrogen and oxygen atoms in total. The van der Waals surface area contributed by atoms with Crippen molar-refractivity contribution in [3.63, 3.8) is 0 Å². The third-order valence-electron chi connectivity index (χ3n) is 2.38. The van der Waals surface area contributed by atoms with E-state index in [4.69, 9.17) is 0 Å². The maximum atomic E-state index is 11.4. The Hall–Kier alpha value is -0.870. The summed E-state index contributed by atoms with van der Waals surface area (Å²) >= 11 is 0. The molecule has 1 fully saturated rings. The summed E-state index contributed by atoms with van der Waals surface area (Å²) in [6, 6.07) is 0.301. The number of carbonyl (C=O) groups excluding carboxylic acids is 1. The van der Waals surface area contributed by atoms with E-state index in [1.165, 1.54) is 0 Å². The SMILES string of the molecule is CN(C)C/C=C/C(=O)N[C@@H]1CCCNC1. The van der Waals surface area contributed by atoms with Crippen molar-refractivity contribution in [3.05, 3.63) is 12.2 Å². The number of piperidine rings is 1. The van der Waals surface area contributed by atoms with E-state index in [2.05, 4.69) is 10.6 Å². The molecule has 0 unspecified atom stereocenters. The zero-order valence-electron chi connectivity index (χ0n) is 9.62. The highest BCUT2D eigenvalue weighted by atomic mass is 16.1. The molecule has 4 heteroatoms. The van der Waals surface area contributed by atoms with E-state index in [9.17, 15) is 4.79 Å². The van der Waals surface area contributed by atoms with E-state index in [0.29, 0.717) is 6.04 Å². The van der Waals surface area contributed by atoms with Gasteiger partial charge in [-0.05, 0) is 33.5 Å². The molecule has 1 heterocycles. The van der Waals surface area contributed by atoms with E-state index in [0.717, 1.165) is 32.5 Å². The molecule has 1 atom stereocenters. The number of hydrogen-bond acceptors (Lipinski definition) is 3. The first-order valence-corrected chi connectivity index (χ1v) is 5.51. The minimum Gasteiger partial charge on any atom is -0.349 e. The lowest BCUT2D eigenvalue weighted by Gasteiger charge is -2.23. The Balaban J connectivity index is 2.19. The highest BCUT2D eigenvalue weighted by Crippen LogP contribution is 2.00. The summed E-state index contributed by atoms with van der Waals surface area (Å²) < 4.78 is 0. The van der Waals surface area contributed by atoms with Gasteiger partial charge in [0.1, 0.15) is 0 Å². The van der Waals surface area contributed by atoms with Crippen LogP contribution in [0.5, 0.6) is 0 Å². The van der Waals surface area contributed by atoms with Gasteiger partial charge in [-0.25, -0.2) is 0 Å². The minimum atomic E-state index is 0.0190. The standard InChI is InChI=1S/C11H21N3O/c1-14(2)8-4-6-11(15)13-10-5-3-7-12-9-10/h4,6,10,12H,3,5,7-9H2,1-2H3,(H,13,15)/b6-4+/t10-/m1/s1. The van der Waals surface area contributed by atoms with Crippen molar-refractivity contribution in [1.29, 1.82) is 0 Å². The van der Waals surface area contributed by atoms with Gasteiger partial charge >= 0.3 is 0 Å². The zero-order valence-corrected chi connectivity index (χ0v) is 9.62. The van der Waals surface area contributed by atoms with Crippen LogP contribution in [0.25, 0.3) is 0 Å². The van der Waals surface area contributed by atoms with Crippen molar-refractivity contribution in [2.75, 3.05) is 33.7 Å². The molecule has 1 aliphatic heterocycles. The van der Waals surface area contributed by atoms with E-state index < -0.39 is 0 Å². The van der Waals surface area contributed by atoms with E-state index in [-0.39, 0.29) is 5.91 Å². The van der Waals surface area contributed by atoms with Crippen molar-refractivity contribution in [1.82, 2.24) is 15.5 Å². The molecule has 15 heavy (non-hydrogen) atoms. The number of nitrogens with zero attached hydrogens (tertiary/aromatic N) is 1. The fourth-order valence-corrected chi connectivity index (χ4v) is 1.59. The average Bonchev–Trinajstić information content (AvgIpc) is 2.18. The van der Waals surface area contributed by atoms with Gasteiger partial charge in [0.15, 0.2) is 0 Å². The molecule has 0 aromatic heterocycles. The molecule has 1 saturated heterocycles. The second kappa shape index (κ2) is 6.58. The predicted molar refractivity (Wildman–Crippen MR) is 61.7 cm³/mol. The molecule has 0 aliphatic carbocycles. The van der Waals surface area contributed by atoms with Crippen LogP contribution in [-0.2, 0) is 4.79 Å². The Morgan fingerprint density at radius 2 is 2.40 bits per heavy atom. The zero-order chi connectivity index (χ0) is 11.1. The third-order valence-corrected chi connectivity index (χ3v) is 2.38. The smallest absolute Gasteiger partial charge is 0.243 e. The Kier molecular flexibility index (Phi) is 5.36. The van der Waals surface area contributed by atoms with Gasteiger partial charge in [0.05, 0.1) is 0 Å². The van der Waals surface area contributed by atoms with E-state index in [1.807, 2.05) is 25.1 Å². The lowest BCUT2D eigenvalue weighted by atomic mass is 10.1. The van der Waals surface area contributed by atoms with Crippen molar-refractivity contribution in [2.24, 2.45) is 0 Å². The van der Waals surface area contributed by atoms with E-state index >= 15 is 0 Å². The molecule has 86 valence electrons. The number of rotatable bonds is 4. The number of amides is 1. The first-order valence-electron chi connectivity index (χ1n) is 5.51. The largest absolute Gasteiger partial charge is 0.349 e. The fraction of sp³-hybridized carbons (Fsp3) is 0.727. The molecular weight excluding hydrogens is 190 g/mol. The second-order valence-corrected chi connectivity index (χ2v) is 4.22. The highest BCUT2D eigenvalue weighted by Gasteiger charge is 2.13. The molecule has 0 radical (unpaired) electrons. The summed E-state index contributed by atoms with van der Waals surface area (Å²) in [6.45, 7) is 2.77. The predicted octanol–water partition coefficient (Wildman–Crippen LogP) is -0.0276. The second-order valence-electron chi connectivity index (χ2n) is 4.22. The van der Waals surface area contributed by atoms with Gasteiger partial charge in [-0.2, -0.15) is 0 Å². The van der Waals surface area contributed by atoms with Gasteiger partial charge in [-0.3, -0.25) is 4.79 Å². The van der Waals surface area contributed by atoms with Crippen LogP contribution in [0.3, 0.4) is 0 Å². The molecule has 1 amide bonds.